The fraction of sp³-hybridized carbons (Fsp3) is 0.120. The number of rotatable bonds is 7. The molecule has 4 rings (SSSR count). The molecule has 0 spiro atoms. The molecule has 0 atom stereocenters. The van der Waals surface area contributed by atoms with Gasteiger partial charge in [0.15, 0.2) is 16.4 Å². The summed E-state index contributed by atoms with van der Waals surface area (Å²) in [5.41, 5.74) is 0.873. The van der Waals surface area contributed by atoms with Crippen molar-refractivity contribution in [3.05, 3.63) is 84.4 Å². The Hall–Kier alpha value is -4.12. The molecule has 11 heteroatoms. The number of hydrogen-bond donors (Lipinski definition) is 1. The van der Waals surface area contributed by atoms with Gasteiger partial charge in [-0.15, -0.1) is 0 Å². The molecule has 0 saturated carbocycles. The number of pyridine rings is 1. The third-order valence-electron chi connectivity index (χ3n) is 4.89. The average molecular weight is 516 g/mol. The van der Waals surface area contributed by atoms with Crippen molar-refractivity contribution in [1.82, 2.24) is 4.98 Å². The van der Waals surface area contributed by atoms with Crippen molar-refractivity contribution in [3.8, 4) is 17.4 Å². The van der Waals surface area contributed by atoms with Crippen molar-refractivity contribution in [2.75, 3.05) is 18.2 Å². The third kappa shape index (κ3) is 6.30. The number of alkyl halides is 3. The number of carbonyl (C=O) groups is 1. The molecule has 186 valence electrons. The monoisotopic (exact) mass is 516 g/mol. The van der Waals surface area contributed by atoms with Crippen LogP contribution in [0.1, 0.15) is 10.4 Å². The first-order chi connectivity index (χ1) is 17.0. The number of nitrogens with one attached hydrogen (secondary N) is 1. The lowest BCUT2D eigenvalue weighted by molar-refractivity contribution is -0.153. The van der Waals surface area contributed by atoms with Gasteiger partial charge in [-0.2, -0.15) is 13.2 Å². The Morgan fingerprint density at radius 2 is 1.64 bits per heavy atom. The molecule has 4 aromatic rings. The standard InChI is InChI=1S/C25H19F3N2O5S/c1-36(32,33)20-7-4-6-17(14-20)29-23(31)21-13-16-5-2-3-8-22(16)30-24(21)35-19-11-9-18(10-12-19)34-15-25(26,27)28/h2-14H,15H2,1H3,(H,29,31). The van der Waals surface area contributed by atoms with E-state index < -0.39 is 28.5 Å². The maximum atomic E-state index is 13.2. The lowest BCUT2D eigenvalue weighted by Crippen LogP contribution is -2.19. The number of aromatic nitrogens is 1. The highest BCUT2D eigenvalue weighted by molar-refractivity contribution is 7.90. The fourth-order valence-corrected chi connectivity index (χ4v) is 3.89. The first kappa shape index (κ1) is 25.0. The van der Waals surface area contributed by atoms with E-state index in [1.54, 1.807) is 36.4 Å². The van der Waals surface area contributed by atoms with Gasteiger partial charge in [-0.3, -0.25) is 4.79 Å². The largest absolute Gasteiger partial charge is 0.484 e. The highest BCUT2D eigenvalue weighted by atomic mass is 32.2. The Morgan fingerprint density at radius 3 is 2.33 bits per heavy atom. The first-order valence-electron chi connectivity index (χ1n) is 10.5. The second-order valence-corrected chi connectivity index (χ2v) is 9.78. The van der Waals surface area contributed by atoms with Crippen LogP contribution in [-0.2, 0) is 9.84 Å². The summed E-state index contributed by atoms with van der Waals surface area (Å²) in [6.07, 6.45) is -3.40. The molecule has 3 aromatic carbocycles. The number of anilines is 1. The van der Waals surface area contributed by atoms with Gasteiger partial charge in [-0.05, 0) is 54.6 Å². The molecule has 0 fully saturated rings. The topological polar surface area (TPSA) is 94.6 Å². The van der Waals surface area contributed by atoms with Crippen LogP contribution in [0.15, 0.2) is 83.8 Å². The SMILES string of the molecule is CS(=O)(=O)c1cccc(NC(=O)c2cc3ccccc3nc2Oc2ccc(OCC(F)(F)F)cc2)c1. The maximum absolute atomic E-state index is 13.2. The van der Waals surface area contributed by atoms with Gasteiger partial charge in [0.05, 0.1) is 10.4 Å². The van der Waals surface area contributed by atoms with E-state index >= 15 is 0 Å². The summed E-state index contributed by atoms with van der Waals surface area (Å²) in [4.78, 5) is 17.6. The van der Waals surface area contributed by atoms with E-state index in [2.05, 4.69) is 10.3 Å². The second-order valence-electron chi connectivity index (χ2n) is 7.77. The molecular formula is C25H19F3N2O5S. The molecule has 1 N–H and O–H groups in total. The van der Waals surface area contributed by atoms with E-state index in [9.17, 15) is 26.4 Å². The summed E-state index contributed by atoms with van der Waals surface area (Å²) in [6, 6.07) is 19.8. The normalized spacial score (nSPS) is 11.8. The molecule has 36 heavy (non-hydrogen) atoms. The van der Waals surface area contributed by atoms with E-state index in [1.165, 1.54) is 42.5 Å². The fourth-order valence-electron chi connectivity index (χ4n) is 3.22. The number of amides is 1. The molecule has 0 aliphatic rings. The van der Waals surface area contributed by atoms with E-state index in [-0.39, 0.29) is 33.5 Å². The Morgan fingerprint density at radius 1 is 0.944 bits per heavy atom. The van der Waals surface area contributed by atoms with Crippen molar-refractivity contribution < 1.29 is 35.9 Å². The van der Waals surface area contributed by atoms with Crippen molar-refractivity contribution in [1.29, 1.82) is 0 Å². The Kier molecular flexibility index (Phi) is 6.84. The quantitative estimate of drug-likeness (QED) is 0.343. The van der Waals surface area contributed by atoms with Crippen LogP contribution in [0.5, 0.6) is 17.4 Å². The minimum Gasteiger partial charge on any atom is -0.484 e. The van der Waals surface area contributed by atoms with Crippen molar-refractivity contribution in [2.45, 2.75) is 11.1 Å². The molecule has 0 aliphatic heterocycles. The van der Waals surface area contributed by atoms with E-state index in [0.29, 0.717) is 10.9 Å². The molecule has 1 heterocycles. The Labute approximate surface area is 204 Å². The molecular weight excluding hydrogens is 497 g/mol. The van der Waals surface area contributed by atoms with Crippen LogP contribution >= 0.6 is 0 Å². The average Bonchev–Trinajstić information content (AvgIpc) is 2.82. The number of ether oxygens (including phenoxy) is 2. The summed E-state index contributed by atoms with van der Waals surface area (Å²) < 4.78 is 71.3. The number of sulfone groups is 1. The number of carbonyl (C=O) groups excluding carboxylic acids is 1. The van der Waals surface area contributed by atoms with Gasteiger partial charge in [-0.25, -0.2) is 13.4 Å². The predicted molar refractivity (Wildman–Crippen MR) is 127 cm³/mol. The van der Waals surface area contributed by atoms with Crippen LogP contribution in [0.2, 0.25) is 0 Å². The van der Waals surface area contributed by atoms with Crippen molar-refractivity contribution in [3.63, 3.8) is 0 Å². The van der Waals surface area contributed by atoms with E-state index in [1.807, 2.05) is 0 Å². The summed E-state index contributed by atoms with van der Waals surface area (Å²) in [5.74, 6) is -0.436. The number of benzene rings is 3. The van der Waals surface area contributed by atoms with Crippen LogP contribution in [0.4, 0.5) is 18.9 Å². The van der Waals surface area contributed by atoms with Crippen LogP contribution < -0.4 is 14.8 Å². The zero-order valence-electron chi connectivity index (χ0n) is 18.7. The predicted octanol–water partition coefficient (Wildman–Crippen LogP) is 5.62. The van der Waals surface area contributed by atoms with Gasteiger partial charge in [0, 0.05) is 17.3 Å². The Bertz CT molecular complexity index is 1520. The van der Waals surface area contributed by atoms with Gasteiger partial charge in [0.1, 0.15) is 17.1 Å². The van der Waals surface area contributed by atoms with Gasteiger partial charge in [0.2, 0.25) is 5.88 Å². The zero-order chi connectivity index (χ0) is 25.9. The lowest BCUT2D eigenvalue weighted by Gasteiger charge is -2.13. The maximum Gasteiger partial charge on any atom is 0.422 e. The van der Waals surface area contributed by atoms with Crippen molar-refractivity contribution >= 4 is 32.3 Å². The van der Waals surface area contributed by atoms with Gasteiger partial charge in [0.25, 0.3) is 5.91 Å². The van der Waals surface area contributed by atoms with Gasteiger partial charge >= 0.3 is 6.18 Å². The van der Waals surface area contributed by atoms with Gasteiger partial charge in [-0.1, -0.05) is 24.3 Å². The summed E-state index contributed by atoms with van der Waals surface area (Å²) >= 11 is 0. The summed E-state index contributed by atoms with van der Waals surface area (Å²) in [6.45, 7) is -1.43. The molecule has 0 unspecified atom stereocenters. The number of nitrogens with zero attached hydrogens (tertiary/aromatic N) is 1. The first-order valence-corrected chi connectivity index (χ1v) is 12.4. The lowest BCUT2D eigenvalue weighted by atomic mass is 10.1. The van der Waals surface area contributed by atoms with E-state index in [0.717, 1.165) is 6.26 Å². The number of hydrogen-bond acceptors (Lipinski definition) is 6. The molecule has 7 nitrogen and oxygen atoms in total. The van der Waals surface area contributed by atoms with Crippen molar-refractivity contribution in [2.24, 2.45) is 0 Å². The highest BCUT2D eigenvalue weighted by Crippen LogP contribution is 2.29. The molecule has 1 aromatic heterocycles. The molecule has 0 aliphatic carbocycles. The van der Waals surface area contributed by atoms with E-state index in [4.69, 9.17) is 9.47 Å². The molecule has 0 bridgehead atoms. The molecule has 1 amide bonds. The third-order valence-corrected chi connectivity index (χ3v) is 6.00. The minimum absolute atomic E-state index is 0.00475. The zero-order valence-corrected chi connectivity index (χ0v) is 19.6. The van der Waals surface area contributed by atoms with Crippen LogP contribution in [0.25, 0.3) is 10.9 Å². The number of fused-ring (bicyclic) bond motifs is 1. The minimum atomic E-state index is -4.46. The van der Waals surface area contributed by atoms with Crippen LogP contribution in [0.3, 0.4) is 0 Å². The second kappa shape index (κ2) is 9.86. The van der Waals surface area contributed by atoms with Crippen LogP contribution in [-0.4, -0.2) is 38.3 Å². The summed E-state index contributed by atoms with van der Waals surface area (Å²) in [5, 5.41) is 3.31. The van der Waals surface area contributed by atoms with Crippen LogP contribution in [0, 0.1) is 0 Å². The number of para-hydroxylation sites is 1. The smallest absolute Gasteiger partial charge is 0.422 e. The molecule has 0 saturated heterocycles. The molecule has 0 radical (unpaired) electrons. The summed E-state index contributed by atoms with van der Waals surface area (Å²) in [7, 11) is -3.48. The Balaban J connectivity index is 1.63. The van der Waals surface area contributed by atoms with Gasteiger partial charge < -0.3 is 14.8 Å². The number of halogens is 3. The highest BCUT2D eigenvalue weighted by Gasteiger charge is 2.28.